The first-order chi connectivity index (χ1) is 6.25. The topological polar surface area (TPSA) is 44.9 Å². The second-order valence-electron chi connectivity index (χ2n) is 2.91. The van der Waals surface area contributed by atoms with E-state index in [-0.39, 0.29) is 15.9 Å². The highest BCUT2D eigenvalue weighted by Gasteiger charge is 2.30. The average Bonchev–Trinajstić information content (AvgIpc) is 2.63. The minimum absolute atomic E-state index is 0.0123. The molecule has 1 fully saturated rings. The molecule has 0 saturated carbocycles. The minimum atomic E-state index is -0.0450. The van der Waals surface area contributed by atoms with Gasteiger partial charge in [-0.2, -0.15) is 0 Å². The van der Waals surface area contributed by atoms with Gasteiger partial charge in [0.05, 0.1) is 5.25 Å². The zero-order chi connectivity index (χ0) is 9.26. The maximum absolute atomic E-state index is 11.3. The highest BCUT2D eigenvalue weighted by molar-refractivity contribution is 8.11. The van der Waals surface area contributed by atoms with Gasteiger partial charge >= 0.3 is 0 Å². The number of hydrogen-bond acceptors (Lipinski definition) is 3. The van der Waals surface area contributed by atoms with E-state index < -0.39 is 0 Å². The van der Waals surface area contributed by atoms with E-state index in [1.807, 2.05) is 18.5 Å². The molecule has 0 spiro atoms. The van der Waals surface area contributed by atoms with Gasteiger partial charge in [0.1, 0.15) is 4.71 Å². The fourth-order valence-electron chi connectivity index (χ4n) is 1.31. The Bertz CT molecular complexity index is 299. The Morgan fingerprint density at radius 2 is 2.46 bits per heavy atom. The van der Waals surface area contributed by atoms with E-state index in [1.54, 1.807) is 11.8 Å². The molecule has 13 heavy (non-hydrogen) atoms. The number of carbonyl (C=O) groups excluding carboxylic acids is 1. The first-order valence-corrected chi connectivity index (χ1v) is 5.47. The maximum atomic E-state index is 11.3. The lowest BCUT2D eigenvalue weighted by Gasteiger charge is -2.02. The fourth-order valence-corrected chi connectivity index (χ4v) is 2.85. The summed E-state index contributed by atoms with van der Waals surface area (Å²) in [5.41, 5.74) is 1.16. The molecule has 0 radical (unpaired) electrons. The summed E-state index contributed by atoms with van der Waals surface area (Å²) in [4.78, 5) is 14.3. The van der Waals surface area contributed by atoms with Gasteiger partial charge < -0.3 is 10.3 Å². The number of H-pyrrole nitrogens is 1. The van der Waals surface area contributed by atoms with Crippen LogP contribution in [0.1, 0.15) is 5.56 Å². The molecule has 1 aliphatic rings. The van der Waals surface area contributed by atoms with Crippen LogP contribution in [0.5, 0.6) is 0 Å². The quantitative estimate of drug-likeness (QED) is 0.643. The molecule has 2 heterocycles. The fraction of sp³-hybridized carbons (Fsp3) is 0.375. The third-order valence-corrected chi connectivity index (χ3v) is 3.51. The SMILES string of the molecule is O=C1NC(S)SC1Cc1cc[nH]c1. The second kappa shape index (κ2) is 3.67. The highest BCUT2D eigenvalue weighted by Crippen LogP contribution is 2.28. The summed E-state index contributed by atoms with van der Waals surface area (Å²) in [6.07, 6.45) is 4.56. The van der Waals surface area contributed by atoms with Crippen LogP contribution >= 0.6 is 24.4 Å². The van der Waals surface area contributed by atoms with Crippen molar-refractivity contribution in [2.24, 2.45) is 0 Å². The molecule has 2 rings (SSSR count). The smallest absolute Gasteiger partial charge is 0.235 e. The molecule has 0 aromatic carbocycles. The zero-order valence-electron chi connectivity index (χ0n) is 6.86. The van der Waals surface area contributed by atoms with Crippen LogP contribution in [-0.4, -0.2) is 20.8 Å². The first-order valence-electron chi connectivity index (χ1n) is 4.01. The Morgan fingerprint density at radius 3 is 3.00 bits per heavy atom. The van der Waals surface area contributed by atoms with Crippen molar-refractivity contribution in [1.29, 1.82) is 0 Å². The van der Waals surface area contributed by atoms with Crippen molar-refractivity contribution in [3.8, 4) is 0 Å². The molecule has 3 nitrogen and oxygen atoms in total. The summed E-state index contributed by atoms with van der Waals surface area (Å²) in [5.74, 6) is 0.0891. The Labute approximate surface area is 86.1 Å². The molecule has 1 saturated heterocycles. The van der Waals surface area contributed by atoms with E-state index >= 15 is 0 Å². The van der Waals surface area contributed by atoms with Crippen molar-refractivity contribution in [1.82, 2.24) is 10.3 Å². The van der Waals surface area contributed by atoms with Crippen molar-refractivity contribution in [2.75, 3.05) is 0 Å². The van der Waals surface area contributed by atoms with Crippen molar-refractivity contribution in [3.05, 3.63) is 24.0 Å². The largest absolute Gasteiger partial charge is 0.367 e. The van der Waals surface area contributed by atoms with Gasteiger partial charge in [-0.25, -0.2) is 0 Å². The van der Waals surface area contributed by atoms with Crippen LogP contribution in [0.4, 0.5) is 0 Å². The number of aromatic amines is 1. The molecule has 2 N–H and O–H groups in total. The van der Waals surface area contributed by atoms with Crippen LogP contribution in [0, 0.1) is 0 Å². The summed E-state index contributed by atoms with van der Waals surface area (Å²) >= 11 is 5.75. The van der Waals surface area contributed by atoms with Gasteiger partial charge in [0, 0.05) is 12.4 Å². The highest BCUT2D eigenvalue weighted by atomic mass is 32.2. The standard InChI is InChI=1S/C8H10N2OS2/c11-7-6(13-8(12)10-7)3-5-1-2-9-4-5/h1-2,4,6,8-9,12H,3H2,(H,10,11). The van der Waals surface area contributed by atoms with Gasteiger partial charge in [-0.05, 0) is 18.1 Å². The summed E-state index contributed by atoms with van der Waals surface area (Å²) in [6, 6.07) is 1.99. The van der Waals surface area contributed by atoms with Crippen molar-refractivity contribution in [2.45, 2.75) is 16.4 Å². The third-order valence-electron chi connectivity index (χ3n) is 1.93. The minimum Gasteiger partial charge on any atom is -0.367 e. The van der Waals surface area contributed by atoms with Gasteiger partial charge in [-0.1, -0.05) is 0 Å². The van der Waals surface area contributed by atoms with E-state index in [1.165, 1.54) is 0 Å². The van der Waals surface area contributed by atoms with E-state index in [0.29, 0.717) is 0 Å². The van der Waals surface area contributed by atoms with Gasteiger partial charge in [0.2, 0.25) is 5.91 Å². The van der Waals surface area contributed by atoms with Crippen LogP contribution < -0.4 is 5.32 Å². The molecular weight excluding hydrogens is 204 g/mol. The Kier molecular flexibility index (Phi) is 2.55. The van der Waals surface area contributed by atoms with Crippen LogP contribution in [0.2, 0.25) is 0 Å². The monoisotopic (exact) mass is 214 g/mol. The predicted molar refractivity (Wildman–Crippen MR) is 56.8 cm³/mol. The van der Waals surface area contributed by atoms with Crippen molar-refractivity contribution in [3.63, 3.8) is 0 Å². The Morgan fingerprint density at radius 1 is 1.62 bits per heavy atom. The summed E-state index contributed by atoms with van der Waals surface area (Å²) in [5, 5.41) is 2.77. The van der Waals surface area contributed by atoms with Crippen LogP contribution in [0.3, 0.4) is 0 Å². The van der Waals surface area contributed by atoms with Gasteiger partial charge in [-0.3, -0.25) is 4.79 Å². The number of rotatable bonds is 2. The van der Waals surface area contributed by atoms with Gasteiger partial charge in [-0.15, -0.1) is 24.4 Å². The molecule has 0 aliphatic carbocycles. The third kappa shape index (κ3) is 2.03. The number of hydrogen-bond donors (Lipinski definition) is 3. The van der Waals surface area contributed by atoms with Crippen LogP contribution in [0.15, 0.2) is 18.5 Å². The number of carbonyl (C=O) groups is 1. The van der Waals surface area contributed by atoms with Crippen LogP contribution in [0.25, 0.3) is 0 Å². The van der Waals surface area contributed by atoms with Crippen LogP contribution in [-0.2, 0) is 11.2 Å². The Hall–Kier alpha value is -0.550. The lowest BCUT2D eigenvalue weighted by Crippen LogP contribution is -2.25. The number of thioether (sulfide) groups is 1. The van der Waals surface area contributed by atoms with E-state index in [4.69, 9.17) is 0 Å². The summed E-state index contributed by atoms with van der Waals surface area (Å²) in [6.45, 7) is 0. The first kappa shape index (κ1) is 9.02. The molecule has 2 atom stereocenters. The van der Waals surface area contributed by atoms with Gasteiger partial charge in [0.25, 0.3) is 0 Å². The maximum Gasteiger partial charge on any atom is 0.235 e. The lowest BCUT2D eigenvalue weighted by molar-refractivity contribution is -0.119. The molecule has 1 amide bonds. The molecule has 0 bridgehead atoms. The van der Waals surface area contributed by atoms with Crippen molar-refractivity contribution < 1.29 is 4.79 Å². The number of amides is 1. The molecule has 1 aliphatic heterocycles. The van der Waals surface area contributed by atoms with E-state index in [2.05, 4.69) is 22.9 Å². The summed E-state index contributed by atoms with van der Waals surface area (Å²) in [7, 11) is 0. The Balaban J connectivity index is 1.99. The van der Waals surface area contributed by atoms with Gasteiger partial charge in [0.15, 0.2) is 0 Å². The molecule has 70 valence electrons. The predicted octanol–water partition coefficient (Wildman–Crippen LogP) is 1.00. The summed E-state index contributed by atoms with van der Waals surface area (Å²) < 4.78 is -0.0450. The van der Waals surface area contributed by atoms with Crippen molar-refractivity contribution >= 4 is 30.3 Å². The van der Waals surface area contributed by atoms with E-state index in [9.17, 15) is 4.79 Å². The molecule has 1 aromatic heterocycles. The molecule has 2 unspecified atom stereocenters. The number of nitrogens with one attached hydrogen (secondary N) is 2. The second-order valence-corrected chi connectivity index (χ2v) is 5.09. The number of thiol groups is 1. The lowest BCUT2D eigenvalue weighted by atomic mass is 10.2. The zero-order valence-corrected chi connectivity index (χ0v) is 8.57. The average molecular weight is 214 g/mol. The number of aromatic nitrogens is 1. The molecule has 1 aromatic rings. The molecular formula is C8H10N2OS2. The molecule has 5 heteroatoms. The van der Waals surface area contributed by atoms with E-state index in [0.717, 1.165) is 12.0 Å². The normalized spacial score (nSPS) is 27.6.